The lowest BCUT2D eigenvalue weighted by Gasteiger charge is -2.22. The zero-order valence-corrected chi connectivity index (χ0v) is 21.5. The molecule has 0 amide bonds. The predicted molar refractivity (Wildman–Crippen MR) is 153 cm³/mol. The van der Waals surface area contributed by atoms with Gasteiger partial charge in [0.15, 0.2) is 11.5 Å². The van der Waals surface area contributed by atoms with Crippen molar-refractivity contribution in [3.8, 4) is 11.5 Å². The molecule has 0 bridgehead atoms. The van der Waals surface area contributed by atoms with Crippen LogP contribution in [0.1, 0.15) is 36.5 Å². The van der Waals surface area contributed by atoms with Crippen LogP contribution in [0.3, 0.4) is 0 Å². The third-order valence-electron chi connectivity index (χ3n) is 7.43. The van der Waals surface area contributed by atoms with Crippen molar-refractivity contribution >= 4 is 22.8 Å². The van der Waals surface area contributed by atoms with Gasteiger partial charge in [-0.1, -0.05) is 48.0 Å². The number of ether oxygens (including phenoxy) is 2. The van der Waals surface area contributed by atoms with E-state index in [0.717, 1.165) is 58.3 Å². The number of aryl methyl sites for hydroxylation is 1. The smallest absolute Gasteiger partial charge is 0.160 e. The molecular weight excluding hydrogens is 458 g/mol. The van der Waals surface area contributed by atoms with E-state index in [9.17, 15) is 0 Å². The number of hydrogen-bond acceptors (Lipinski definition) is 5. The molecule has 1 N–H and O–H groups in total. The Labute approximate surface area is 219 Å². The zero-order valence-electron chi connectivity index (χ0n) is 21.5. The topological polar surface area (TPSA) is 55.2 Å². The fraction of sp³-hybridized carbons (Fsp3) is 0.250. The van der Waals surface area contributed by atoms with Gasteiger partial charge in [0, 0.05) is 31.2 Å². The van der Waals surface area contributed by atoms with Crippen molar-refractivity contribution < 1.29 is 10.9 Å². The molecule has 0 saturated heterocycles. The molecule has 1 fully saturated rings. The third kappa shape index (κ3) is 4.57. The quantitative estimate of drug-likeness (QED) is 0.370. The van der Waals surface area contributed by atoms with Crippen LogP contribution < -0.4 is 14.8 Å². The summed E-state index contributed by atoms with van der Waals surface area (Å²) in [6.07, 6.45) is 9.19. The first-order valence-electron chi connectivity index (χ1n) is 12.8. The summed E-state index contributed by atoms with van der Waals surface area (Å²) in [4.78, 5) is 9.79. The van der Waals surface area contributed by atoms with Crippen LogP contribution in [0.2, 0.25) is 0 Å². The number of rotatable bonds is 8. The Morgan fingerprint density at radius 1 is 0.973 bits per heavy atom. The van der Waals surface area contributed by atoms with Crippen LogP contribution in [-0.2, 0) is 12.0 Å². The zero-order chi connectivity index (χ0) is 25.4. The van der Waals surface area contributed by atoms with Gasteiger partial charge in [0.05, 0.1) is 36.9 Å². The first kappa shape index (κ1) is 23.3. The molecular formula is C32H33N3O2. The monoisotopic (exact) mass is 491 g/mol. The van der Waals surface area contributed by atoms with E-state index in [-0.39, 0.29) is 12.9 Å². The number of benzene rings is 3. The highest BCUT2D eigenvalue weighted by molar-refractivity contribution is 6.46. The number of methoxy groups -OCH3 is 2. The van der Waals surface area contributed by atoms with E-state index in [1.54, 1.807) is 14.2 Å². The van der Waals surface area contributed by atoms with Gasteiger partial charge in [0.1, 0.15) is 0 Å². The van der Waals surface area contributed by atoms with E-state index in [0.29, 0.717) is 6.42 Å². The number of nitrogens with zero attached hydrogens (tertiary/aromatic N) is 2. The second-order valence-corrected chi connectivity index (χ2v) is 10.0. The van der Waals surface area contributed by atoms with Crippen LogP contribution in [0, 0.1) is 12.8 Å². The Bertz CT molecular complexity index is 1470. The fourth-order valence-corrected chi connectivity index (χ4v) is 5.18. The van der Waals surface area contributed by atoms with E-state index >= 15 is 0 Å². The predicted octanol–water partition coefficient (Wildman–Crippen LogP) is 6.98. The summed E-state index contributed by atoms with van der Waals surface area (Å²) in [6.45, 7) is 2.12. The lowest BCUT2D eigenvalue weighted by atomic mass is 9.90. The van der Waals surface area contributed by atoms with Gasteiger partial charge in [-0.05, 0) is 67.3 Å². The molecule has 1 aliphatic carbocycles. The summed E-state index contributed by atoms with van der Waals surface area (Å²) < 4.78 is 10.9. The van der Waals surface area contributed by atoms with Crippen LogP contribution >= 0.6 is 0 Å². The first-order valence-corrected chi connectivity index (χ1v) is 12.8. The molecule has 1 saturated carbocycles. The summed E-state index contributed by atoms with van der Waals surface area (Å²) >= 11 is 0. The van der Waals surface area contributed by atoms with Crippen molar-refractivity contribution in [1.29, 1.82) is 0 Å². The van der Waals surface area contributed by atoms with Gasteiger partial charge >= 0.3 is 0 Å². The Kier molecular flexibility index (Phi) is 5.91. The van der Waals surface area contributed by atoms with Crippen molar-refractivity contribution in [3.05, 3.63) is 107 Å². The van der Waals surface area contributed by atoms with Gasteiger partial charge in [0.25, 0.3) is 0 Å². The van der Waals surface area contributed by atoms with Crippen molar-refractivity contribution in [1.82, 2.24) is 0 Å². The normalized spacial score (nSPS) is 18.9. The van der Waals surface area contributed by atoms with E-state index in [4.69, 9.17) is 14.5 Å². The highest BCUT2D eigenvalue weighted by Gasteiger charge is 2.44. The highest BCUT2D eigenvalue weighted by atomic mass is 16.5. The molecule has 1 unspecified atom stereocenters. The minimum atomic E-state index is -0.00737. The third-order valence-corrected chi connectivity index (χ3v) is 7.43. The molecule has 3 aliphatic rings. The van der Waals surface area contributed by atoms with Gasteiger partial charge < -0.3 is 14.8 Å². The molecule has 6 rings (SSSR count). The van der Waals surface area contributed by atoms with Crippen LogP contribution in [0.15, 0.2) is 95.1 Å². The molecule has 37 heavy (non-hydrogen) atoms. The van der Waals surface area contributed by atoms with E-state index in [2.05, 4.69) is 84.0 Å². The summed E-state index contributed by atoms with van der Waals surface area (Å²) in [7, 11) is 3.31. The first-order chi connectivity index (χ1) is 18.1. The summed E-state index contributed by atoms with van der Waals surface area (Å²) in [5.41, 5.74) is 9.00. The second kappa shape index (κ2) is 9.40. The standard InChI is InChI=1S/C32H31N3O2.H2/c1-21-7-10-26(11-8-21)35-32(14-15-32)25-6-4-5-23(19-25)27-20-24-13-16-33-31(24)28(34-27)17-22-9-12-29(36-2)30(18-22)37-3;/h4-13,16,18-20,24,35H,14-15,17H2,1-3H3;1H. The number of allylic oxidation sites excluding steroid dienone is 2. The maximum absolute atomic E-state index is 5.52. The molecule has 0 spiro atoms. The summed E-state index contributed by atoms with van der Waals surface area (Å²) in [6, 6.07) is 23.5. The Hall–Kier alpha value is -4.12. The fourth-order valence-electron chi connectivity index (χ4n) is 5.18. The van der Waals surface area contributed by atoms with E-state index < -0.39 is 0 Å². The van der Waals surface area contributed by atoms with Crippen LogP contribution in [0.5, 0.6) is 11.5 Å². The Morgan fingerprint density at radius 2 is 1.78 bits per heavy atom. The van der Waals surface area contributed by atoms with Gasteiger partial charge in [0.2, 0.25) is 0 Å². The molecule has 0 radical (unpaired) electrons. The molecule has 2 heterocycles. The number of hydrogen-bond donors (Lipinski definition) is 1. The SMILES string of the molecule is COc1ccc(CC2=NC(c3cccc(C4(Nc5ccc(C)cc5)CC4)c3)=CC3C=CN=C23)cc1OC.[HH]. The molecule has 1 atom stereocenters. The van der Waals surface area contributed by atoms with Gasteiger partial charge in [-0.25, -0.2) is 0 Å². The molecule has 2 aliphatic heterocycles. The maximum Gasteiger partial charge on any atom is 0.160 e. The lowest BCUT2D eigenvalue weighted by Crippen LogP contribution is -2.25. The number of aliphatic imine (C=N–C) groups is 2. The van der Waals surface area contributed by atoms with Crippen molar-refractivity contribution in [2.75, 3.05) is 19.5 Å². The largest absolute Gasteiger partial charge is 0.493 e. The van der Waals surface area contributed by atoms with Crippen molar-refractivity contribution in [3.63, 3.8) is 0 Å². The molecule has 5 nitrogen and oxygen atoms in total. The molecule has 3 aromatic carbocycles. The van der Waals surface area contributed by atoms with Crippen molar-refractivity contribution in [2.45, 2.75) is 31.7 Å². The average Bonchev–Trinajstić information content (AvgIpc) is 3.55. The maximum atomic E-state index is 5.52. The summed E-state index contributed by atoms with van der Waals surface area (Å²) in [5, 5.41) is 3.79. The van der Waals surface area contributed by atoms with Gasteiger partial charge in [-0.2, -0.15) is 0 Å². The van der Waals surface area contributed by atoms with Gasteiger partial charge in [-0.15, -0.1) is 0 Å². The molecule has 188 valence electrons. The molecule has 3 aromatic rings. The number of anilines is 1. The number of fused-ring (bicyclic) bond motifs is 1. The molecule has 0 aromatic heterocycles. The van der Waals surface area contributed by atoms with E-state index in [1.165, 1.54) is 11.1 Å². The van der Waals surface area contributed by atoms with Gasteiger partial charge in [-0.3, -0.25) is 9.98 Å². The average molecular weight is 492 g/mol. The highest BCUT2D eigenvalue weighted by Crippen LogP contribution is 2.49. The minimum absolute atomic E-state index is 0. The Balaban J connectivity index is 0.00000294. The Morgan fingerprint density at radius 3 is 2.54 bits per heavy atom. The van der Waals surface area contributed by atoms with E-state index in [1.807, 2.05) is 18.3 Å². The van der Waals surface area contributed by atoms with Crippen LogP contribution in [0.25, 0.3) is 5.70 Å². The summed E-state index contributed by atoms with van der Waals surface area (Å²) in [5.74, 6) is 1.59. The minimum Gasteiger partial charge on any atom is -0.493 e. The second-order valence-electron chi connectivity index (χ2n) is 10.0. The lowest BCUT2D eigenvalue weighted by molar-refractivity contribution is 0.354. The van der Waals surface area contributed by atoms with Crippen molar-refractivity contribution in [2.24, 2.45) is 15.9 Å². The van der Waals surface area contributed by atoms with Crippen LogP contribution in [-0.4, -0.2) is 25.6 Å². The molecule has 5 heteroatoms. The number of nitrogens with one attached hydrogen (secondary N) is 1. The van der Waals surface area contributed by atoms with Crippen LogP contribution in [0.4, 0.5) is 5.69 Å².